The van der Waals surface area contributed by atoms with Crippen LogP contribution < -0.4 is 21.3 Å². The summed E-state index contributed by atoms with van der Waals surface area (Å²) in [7, 11) is 0. The van der Waals surface area contributed by atoms with E-state index in [1.54, 1.807) is 0 Å². The molecule has 0 aromatic heterocycles. The minimum atomic E-state index is -0.504. The molecule has 2 rings (SSSR count). The highest BCUT2D eigenvalue weighted by Gasteiger charge is 2.42. The fourth-order valence-corrected chi connectivity index (χ4v) is 4.73. The van der Waals surface area contributed by atoms with Crippen LogP contribution in [0, 0.1) is 0 Å². The fourth-order valence-electron chi connectivity index (χ4n) is 3.18. The Morgan fingerprint density at radius 2 is 1.89 bits per heavy atom. The highest BCUT2D eigenvalue weighted by atomic mass is 32.2. The maximum Gasteiger partial charge on any atom is 0.407 e. The lowest BCUT2D eigenvalue weighted by Crippen LogP contribution is -2.36. The predicted octanol–water partition coefficient (Wildman–Crippen LogP) is 1.74. The van der Waals surface area contributed by atoms with E-state index in [-0.39, 0.29) is 24.0 Å². The number of fused-ring (bicyclic) bond motifs is 1. The number of hydrogen-bond donors (Lipinski definition) is 4. The first-order valence-corrected chi connectivity index (χ1v) is 10.7. The van der Waals surface area contributed by atoms with Crippen LogP contribution in [0.4, 0.5) is 9.59 Å². The van der Waals surface area contributed by atoms with E-state index in [1.807, 2.05) is 32.5 Å². The van der Waals surface area contributed by atoms with Gasteiger partial charge in [-0.25, -0.2) is 9.59 Å². The van der Waals surface area contributed by atoms with Crippen molar-refractivity contribution in [2.75, 3.05) is 18.8 Å². The first-order valence-electron chi connectivity index (χ1n) is 9.67. The molecule has 0 saturated carbocycles. The summed E-state index contributed by atoms with van der Waals surface area (Å²) in [5.41, 5.74) is -0.504. The number of nitrogens with one attached hydrogen (secondary N) is 4. The molecule has 2 aliphatic rings. The van der Waals surface area contributed by atoms with Crippen LogP contribution >= 0.6 is 11.8 Å². The predicted molar refractivity (Wildman–Crippen MR) is 106 cm³/mol. The van der Waals surface area contributed by atoms with Gasteiger partial charge in [0, 0.05) is 30.5 Å². The molecule has 0 aromatic rings. The molecule has 0 bridgehead atoms. The molecule has 0 spiro atoms. The number of unbranched alkanes of at least 4 members (excludes halogenated alkanes) is 1. The molecule has 9 heteroatoms. The van der Waals surface area contributed by atoms with Crippen molar-refractivity contribution in [3.05, 3.63) is 0 Å². The van der Waals surface area contributed by atoms with Crippen LogP contribution in [0.2, 0.25) is 0 Å². The minimum Gasteiger partial charge on any atom is -0.444 e. The molecular weight excluding hydrogens is 368 g/mol. The topological polar surface area (TPSA) is 109 Å². The maximum atomic E-state index is 11.9. The van der Waals surface area contributed by atoms with E-state index in [0.717, 1.165) is 25.0 Å². The third-order valence-electron chi connectivity index (χ3n) is 4.42. The van der Waals surface area contributed by atoms with Gasteiger partial charge in [-0.15, -0.1) is 0 Å². The number of carbonyl (C=O) groups excluding carboxylic acids is 3. The van der Waals surface area contributed by atoms with E-state index in [9.17, 15) is 14.4 Å². The third kappa shape index (κ3) is 7.86. The third-order valence-corrected chi connectivity index (χ3v) is 5.93. The fraction of sp³-hybridized carbons (Fsp3) is 0.833. The van der Waals surface area contributed by atoms with Crippen molar-refractivity contribution in [3.8, 4) is 0 Å². The molecule has 0 radical (unpaired) electrons. The molecular formula is C18H32N4O4S. The van der Waals surface area contributed by atoms with Gasteiger partial charge in [-0.3, -0.25) is 4.79 Å². The summed E-state index contributed by atoms with van der Waals surface area (Å²) in [5.74, 6) is 1.01. The van der Waals surface area contributed by atoms with E-state index in [0.29, 0.717) is 31.2 Å². The summed E-state index contributed by atoms with van der Waals surface area (Å²) in [4.78, 5) is 34.7. The molecule has 4 amide bonds. The summed E-state index contributed by atoms with van der Waals surface area (Å²) in [5, 5.41) is 11.9. The number of carbonyl (C=O) groups is 3. The van der Waals surface area contributed by atoms with Gasteiger partial charge >= 0.3 is 12.1 Å². The summed E-state index contributed by atoms with van der Waals surface area (Å²) in [6.45, 7) is 6.45. The van der Waals surface area contributed by atoms with E-state index in [2.05, 4.69) is 21.3 Å². The average molecular weight is 401 g/mol. The summed E-state index contributed by atoms with van der Waals surface area (Å²) < 4.78 is 5.14. The smallest absolute Gasteiger partial charge is 0.407 e. The lowest BCUT2D eigenvalue weighted by atomic mass is 10.0. The number of urea groups is 1. The van der Waals surface area contributed by atoms with E-state index in [1.165, 1.54) is 0 Å². The molecule has 2 aliphatic heterocycles. The van der Waals surface area contributed by atoms with Crippen LogP contribution in [0.1, 0.15) is 52.9 Å². The zero-order valence-electron chi connectivity index (χ0n) is 16.4. The summed E-state index contributed by atoms with van der Waals surface area (Å²) >= 11 is 1.90. The number of thioether (sulfide) groups is 1. The highest BCUT2D eigenvalue weighted by molar-refractivity contribution is 8.00. The van der Waals surface area contributed by atoms with E-state index in [4.69, 9.17) is 4.74 Å². The average Bonchev–Trinajstić information content (AvgIpc) is 3.09. The zero-order valence-corrected chi connectivity index (χ0v) is 17.2. The van der Waals surface area contributed by atoms with Crippen LogP contribution in [0.25, 0.3) is 0 Å². The van der Waals surface area contributed by atoms with Crippen LogP contribution in [-0.4, -0.2) is 59.8 Å². The Hall–Kier alpha value is -1.64. The summed E-state index contributed by atoms with van der Waals surface area (Å²) in [6.07, 6.45) is 3.58. The Morgan fingerprint density at radius 3 is 2.63 bits per heavy atom. The van der Waals surface area contributed by atoms with E-state index < -0.39 is 11.7 Å². The second-order valence-corrected chi connectivity index (χ2v) is 9.27. The van der Waals surface area contributed by atoms with Crippen molar-refractivity contribution in [1.29, 1.82) is 0 Å². The second kappa shape index (κ2) is 10.1. The van der Waals surface area contributed by atoms with Gasteiger partial charge in [-0.05, 0) is 40.0 Å². The van der Waals surface area contributed by atoms with Crippen LogP contribution in [0.5, 0.6) is 0 Å². The van der Waals surface area contributed by atoms with E-state index >= 15 is 0 Å². The Balaban J connectivity index is 1.45. The molecule has 2 saturated heterocycles. The Kier molecular flexibility index (Phi) is 8.07. The molecule has 4 N–H and O–H groups in total. The van der Waals surface area contributed by atoms with Crippen molar-refractivity contribution in [3.63, 3.8) is 0 Å². The molecule has 27 heavy (non-hydrogen) atoms. The molecule has 0 unspecified atom stereocenters. The van der Waals surface area contributed by atoms with Crippen LogP contribution in [0.3, 0.4) is 0 Å². The normalized spacial score (nSPS) is 24.0. The number of amides is 4. The Bertz CT molecular complexity index is 538. The second-order valence-electron chi connectivity index (χ2n) is 8.00. The van der Waals surface area contributed by atoms with Crippen molar-refractivity contribution >= 4 is 29.8 Å². The van der Waals surface area contributed by atoms with Gasteiger partial charge in [0.2, 0.25) is 5.91 Å². The van der Waals surface area contributed by atoms with Crippen molar-refractivity contribution in [1.82, 2.24) is 21.3 Å². The molecule has 154 valence electrons. The van der Waals surface area contributed by atoms with Crippen molar-refractivity contribution < 1.29 is 19.1 Å². The molecule has 2 fully saturated rings. The molecule has 0 aromatic carbocycles. The van der Waals surface area contributed by atoms with Gasteiger partial charge in [0.05, 0.1) is 12.1 Å². The van der Waals surface area contributed by atoms with Gasteiger partial charge in [-0.1, -0.05) is 6.42 Å². The van der Waals surface area contributed by atoms with Gasteiger partial charge in [0.15, 0.2) is 0 Å². The highest BCUT2D eigenvalue weighted by Crippen LogP contribution is 2.33. The number of hydrogen-bond acceptors (Lipinski definition) is 5. The SMILES string of the molecule is CC(C)(C)OC(=O)NCCCNC(=O)CCCC[C@@H]1SC[C@@H]2NC(=O)N[C@@H]21. The largest absolute Gasteiger partial charge is 0.444 e. The van der Waals surface area contributed by atoms with Crippen LogP contribution in [-0.2, 0) is 9.53 Å². The molecule has 2 heterocycles. The quantitative estimate of drug-likeness (QED) is 0.348. The lowest BCUT2D eigenvalue weighted by Gasteiger charge is -2.19. The number of ether oxygens (including phenoxy) is 1. The first-order chi connectivity index (χ1) is 12.7. The van der Waals surface area contributed by atoms with Crippen molar-refractivity contribution in [2.45, 2.75) is 75.8 Å². The van der Waals surface area contributed by atoms with Crippen LogP contribution in [0.15, 0.2) is 0 Å². The van der Waals surface area contributed by atoms with Gasteiger partial charge in [0.1, 0.15) is 5.60 Å². The standard InChI is InChI=1S/C18H32N4O4S/c1-18(2,3)26-17(25)20-10-6-9-19-14(23)8-5-4-7-13-15-12(11-27-13)21-16(24)22-15/h12-13,15H,4-11H2,1-3H3,(H,19,23)(H,20,25)(H2,21,22,24)/t12-,13-,15-/m0/s1. The zero-order chi connectivity index (χ0) is 19.9. The lowest BCUT2D eigenvalue weighted by molar-refractivity contribution is -0.121. The van der Waals surface area contributed by atoms with Gasteiger partial charge in [0.25, 0.3) is 0 Å². The molecule has 3 atom stereocenters. The summed E-state index contributed by atoms with van der Waals surface area (Å²) in [6, 6.07) is 0.426. The number of rotatable bonds is 9. The van der Waals surface area contributed by atoms with Gasteiger partial charge < -0.3 is 26.0 Å². The minimum absolute atomic E-state index is 0.0417. The molecule has 8 nitrogen and oxygen atoms in total. The number of alkyl carbamates (subject to hydrolysis) is 1. The Morgan fingerprint density at radius 1 is 1.15 bits per heavy atom. The van der Waals surface area contributed by atoms with Crippen molar-refractivity contribution in [2.24, 2.45) is 0 Å². The van der Waals surface area contributed by atoms with Gasteiger partial charge in [-0.2, -0.15) is 11.8 Å². The monoisotopic (exact) mass is 400 g/mol. The maximum absolute atomic E-state index is 11.9. The Labute approximate surface area is 165 Å². The first kappa shape index (κ1) is 21.7. The molecule has 0 aliphatic carbocycles.